The maximum atomic E-state index is 14.2. The van der Waals surface area contributed by atoms with Gasteiger partial charge >= 0.3 is 6.09 Å². The van der Waals surface area contributed by atoms with Gasteiger partial charge in [-0.25, -0.2) is 4.79 Å². The Balaban J connectivity index is 1.15. The van der Waals surface area contributed by atoms with Crippen LogP contribution in [0.5, 0.6) is 0 Å². The fourth-order valence-corrected chi connectivity index (χ4v) is 9.05. The number of carbonyl (C=O) groups is 3. The van der Waals surface area contributed by atoms with Crippen molar-refractivity contribution in [3.63, 3.8) is 0 Å². The van der Waals surface area contributed by atoms with Crippen LogP contribution in [0.2, 0.25) is 0 Å². The van der Waals surface area contributed by atoms with Gasteiger partial charge in [0.1, 0.15) is 18.2 Å². The molecule has 1 saturated carbocycles. The summed E-state index contributed by atoms with van der Waals surface area (Å²) in [5.74, 6) is 0.0999. The number of H-pyrrole nitrogens is 1. The molecular formula is C38H56N6O5. The molecule has 1 aromatic heterocycles. The van der Waals surface area contributed by atoms with E-state index in [-0.39, 0.29) is 42.4 Å². The van der Waals surface area contributed by atoms with Gasteiger partial charge in [0, 0.05) is 50.0 Å². The lowest BCUT2D eigenvalue weighted by molar-refractivity contribution is -0.166. The summed E-state index contributed by atoms with van der Waals surface area (Å²) in [5, 5.41) is 22.2. The van der Waals surface area contributed by atoms with Crippen molar-refractivity contribution in [3.8, 4) is 0 Å². The monoisotopic (exact) mass is 676 g/mol. The van der Waals surface area contributed by atoms with Gasteiger partial charge in [-0.15, -0.1) is 0 Å². The Morgan fingerprint density at radius 2 is 1.69 bits per heavy atom. The molecule has 3 N–H and O–H groups in total. The largest absolute Gasteiger partial charge is 0.445 e. The first-order valence-corrected chi connectivity index (χ1v) is 18.7. The summed E-state index contributed by atoms with van der Waals surface area (Å²) in [4.78, 5) is 47.4. The second kappa shape index (κ2) is 15.6. The molecule has 3 aliphatic heterocycles. The lowest BCUT2D eigenvalue weighted by Gasteiger charge is -2.54. The molecule has 1 aromatic carbocycles. The Labute approximate surface area is 291 Å². The zero-order valence-corrected chi connectivity index (χ0v) is 29.7. The molecule has 3 atom stereocenters. The minimum absolute atomic E-state index is 0.0475. The Hall–Kier alpha value is -3.44. The summed E-state index contributed by atoms with van der Waals surface area (Å²) >= 11 is 0. The number of piperidine rings is 2. The summed E-state index contributed by atoms with van der Waals surface area (Å²) in [6.07, 6.45) is 8.44. The van der Waals surface area contributed by atoms with Crippen molar-refractivity contribution in [3.05, 3.63) is 52.8 Å². The molecule has 3 amide bonds. The normalized spacial score (nSPS) is 23.8. The molecule has 268 valence electrons. The van der Waals surface area contributed by atoms with E-state index in [2.05, 4.69) is 34.3 Å². The number of aliphatic hydroxyl groups excluding tert-OH is 1. The molecule has 1 spiro atoms. The van der Waals surface area contributed by atoms with Crippen LogP contribution in [-0.2, 0) is 20.9 Å². The topological polar surface area (TPSA) is 131 Å². The van der Waals surface area contributed by atoms with E-state index < -0.39 is 17.7 Å². The van der Waals surface area contributed by atoms with Crippen molar-refractivity contribution in [1.29, 1.82) is 0 Å². The number of benzene rings is 1. The minimum atomic E-state index is -0.914. The number of hydrogen-bond acceptors (Lipinski definition) is 7. The van der Waals surface area contributed by atoms with Gasteiger partial charge in [0.05, 0.1) is 11.8 Å². The number of nitrogens with one attached hydrogen (secondary N) is 2. The third kappa shape index (κ3) is 7.38. The molecule has 4 heterocycles. The number of nitrogens with zero attached hydrogens (tertiary/aromatic N) is 4. The van der Waals surface area contributed by atoms with Gasteiger partial charge in [0.2, 0.25) is 11.8 Å². The Bertz CT molecular complexity index is 1410. The van der Waals surface area contributed by atoms with Gasteiger partial charge in [-0.1, -0.05) is 62.9 Å². The molecular weight excluding hydrogens is 620 g/mol. The van der Waals surface area contributed by atoms with E-state index in [1.54, 1.807) is 0 Å². The highest BCUT2D eigenvalue weighted by Crippen LogP contribution is 2.43. The third-order valence-corrected chi connectivity index (χ3v) is 11.9. The number of hydrogen-bond donors (Lipinski definition) is 3. The van der Waals surface area contributed by atoms with Crippen molar-refractivity contribution < 1.29 is 24.2 Å². The number of aliphatic hydroxyl groups is 1. The summed E-state index contributed by atoms with van der Waals surface area (Å²) in [7, 11) is 0. The quantitative estimate of drug-likeness (QED) is 0.322. The van der Waals surface area contributed by atoms with Crippen LogP contribution in [0, 0.1) is 25.7 Å². The van der Waals surface area contributed by atoms with Crippen LogP contribution in [0.1, 0.15) is 106 Å². The average Bonchev–Trinajstić information content (AvgIpc) is 3.47. The highest BCUT2D eigenvalue weighted by molar-refractivity contribution is 6.00. The van der Waals surface area contributed by atoms with Gasteiger partial charge < -0.3 is 25.0 Å². The number of piperazine rings is 1. The predicted octanol–water partition coefficient (Wildman–Crippen LogP) is 5.02. The number of likely N-dealkylation sites (tertiary alicyclic amines) is 2. The lowest BCUT2D eigenvalue weighted by atomic mass is 9.76. The van der Waals surface area contributed by atoms with E-state index in [4.69, 9.17) is 4.74 Å². The number of amides is 3. The number of rotatable bonds is 10. The fraction of sp³-hybridized carbons (Fsp3) is 0.684. The molecule has 4 fully saturated rings. The molecule has 49 heavy (non-hydrogen) atoms. The maximum absolute atomic E-state index is 14.2. The molecule has 11 nitrogen and oxygen atoms in total. The molecule has 2 aromatic rings. The van der Waals surface area contributed by atoms with Crippen LogP contribution < -0.4 is 5.32 Å². The number of aryl methyl sites for hydroxylation is 2. The third-order valence-electron chi connectivity index (χ3n) is 11.9. The van der Waals surface area contributed by atoms with E-state index in [0.29, 0.717) is 45.6 Å². The number of unbranched alkanes of at least 4 members (excludes halogenated alkanes) is 1. The highest BCUT2D eigenvalue weighted by Gasteiger charge is 2.56. The van der Waals surface area contributed by atoms with Crippen LogP contribution in [-0.4, -0.2) is 98.3 Å². The van der Waals surface area contributed by atoms with Gasteiger partial charge in [-0.2, -0.15) is 5.10 Å². The van der Waals surface area contributed by atoms with E-state index in [1.165, 1.54) is 5.56 Å². The fourth-order valence-electron chi connectivity index (χ4n) is 9.05. The molecule has 4 aliphatic rings. The molecule has 0 bridgehead atoms. The zero-order chi connectivity index (χ0) is 34.5. The van der Waals surface area contributed by atoms with Crippen molar-refractivity contribution in [1.82, 2.24) is 30.2 Å². The lowest BCUT2D eigenvalue weighted by Crippen LogP contribution is -2.75. The SMILES string of the molecule is CCCCN1C(=O)[C@@H]([C@H](O)C2CCCCC2)NC(=O)C12CCN(C(c1c(C)n[nH]c1C)C1CCN(C(=O)OCc3ccccc3)CC1)CC2. The average molecular weight is 677 g/mol. The molecule has 11 heteroatoms. The van der Waals surface area contributed by atoms with Crippen LogP contribution in [0.15, 0.2) is 30.3 Å². The van der Waals surface area contributed by atoms with Crippen molar-refractivity contribution in [2.75, 3.05) is 32.7 Å². The van der Waals surface area contributed by atoms with Crippen LogP contribution in [0.4, 0.5) is 4.79 Å². The first-order valence-electron chi connectivity index (χ1n) is 18.7. The van der Waals surface area contributed by atoms with E-state index in [0.717, 1.165) is 74.7 Å². The Kier molecular flexibility index (Phi) is 11.3. The first-order chi connectivity index (χ1) is 23.7. The van der Waals surface area contributed by atoms with Gasteiger partial charge in [0.15, 0.2) is 0 Å². The second-order valence-electron chi connectivity index (χ2n) is 14.9. The van der Waals surface area contributed by atoms with Crippen LogP contribution in [0.25, 0.3) is 0 Å². The molecule has 6 rings (SSSR count). The van der Waals surface area contributed by atoms with Crippen LogP contribution in [0.3, 0.4) is 0 Å². The van der Waals surface area contributed by atoms with E-state index in [1.807, 2.05) is 47.1 Å². The molecule has 0 radical (unpaired) electrons. The number of aromatic nitrogens is 2. The standard InChI is InChI=1S/C38H56N6O5/c1-4-5-20-44-35(46)32(34(45)30-14-10-7-11-15-30)39-36(47)38(44)18-23-42(24-19-38)33(31-26(2)40-41-27(31)3)29-16-21-43(22-17-29)37(48)49-25-28-12-8-6-9-13-28/h6,8-9,12-13,29-30,32-34,45H,4-5,7,10-11,14-25H2,1-3H3,(H,39,47)(H,40,41)/t32-,33?,34-/m1/s1. The summed E-state index contributed by atoms with van der Waals surface area (Å²) in [6.45, 7) is 9.57. The molecule has 1 unspecified atom stereocenters. The maximum Gasteiger partial charge on any atom is 0.410 e. The van der Waals surface area contributed by atoms with Crippen molar-refractivity contribution in [2.45, 2.75) is 122 Å². The van der Waals surface area contributed by atoms with Gasteiger partial charge in [0.25, 0.3) is 0 Å². The van der Waals surface area contributed by atoms with E-state index >= 15 is 0 Å². The Morgan fingerprint density at radius 3 is 2.33 bits per heavy atom. The van der Waals surface area contributed by atoms with Crippen LogP contribution >= 0.6 is 0 Å². The second-order valence-corrected chi connectivity index (χ2v) is 14.9. The summed E-state index contributed by atoms with van der Waals surface area (Å²) < 4.78 is 5.64. The number of ether oxygens (including phenoxy) is 1. The Morgan fingerprint density at radius 1 is 1.00 bits per heavy atom. The zero-order valence-electron chi connectivity index (χ0n) is 29.7. The van der Waals surface area contributed by atoms with Gasteiger partial charge in [-0.3, -0.25) is 19.6 Å². The summed E-state index contributed by atoms with van der Waals surface area (Å²) in [5.41, 5.74) is 3.27. The number of aromatic amines is 1. The van der Waals surface area contributed by atoms with Crippen molar-refractivity contribution >= 4 is 17.9 Å². The van der Waals surface area contributed by atoms with Gasteiger partial charge in [-0.05, 0) is 76.2 Å². The van der Waals surface area contributed by atoms with E-state index in [9.17, 15) is 19.5 Å². The summed E-state index contributed by atoms with van der Waals surface area (Å²) in [6, 6.07) is 8.95. The predicted molar refractivity (Wildman–Crippen MR) is 186 cm³/mol. The smallest absolute Gasteiger partial charge is 0.410 e. The number of carbonyl (C=O) groups excluding carboxylic acids is 3. The molecule has 1 aliphatic carbocycles. The highest BCUT2D eigenvalue weighted by atomic mass is 16.6. The first kappa shape index (κ1) is 35.4. The van der Waals surface area contributed by atoms with Crippen molar-refractivity contribution in [2.24, 2.45) is 11.8 Å². The molecule has 3 saturated heterocycles. The minimum Gasteiger partial charge on any atom is -0.445 e.